The van der Waals surface area contributed by atoms with Gasteiger partial charge in [0.25, 0.3) is 17.7 Å². The van der Waals surface area contributed by atoms with Crippen molar-refractivity contribution in [1.82, 2.24) is 25.4 Å². The maximum absolute atomic E-state index is 13.4. The molecule has 0 spiro atoms. The molecule has 3 heterocycles. The van der Waals surface area contributed by atoms with Crippen molar-refractivity contribution in [1.29, 1.82) is 0 Å². The number of rotatable bonds is 9. The molecular formula is C21H26F2N6O3. The van der Waals surface area contributed by atoms with Crippen molar-refractivity contribution in [3.8, 4) is 5.88 Å². The summed E-state index contributed by atoms with van der Waals surface area (Å²) in [5.41, 5.74) is -0.778. The Hall–Kier alpha value is -2.85. The first-order chi connectivity index (χ1) is 15.2. The Bertz CT molecular complexity index is 1010. The minimum absolute atomic E-state index is 0.0501. The smallest absolute Gasteiger partial charge is 0.282 e. The summed E-state index contributed by atoms with van der Waals surface area (Å²) in [4.78, 5) is 27.5. The normalized spacial score (nSPS) is 21.6. The highest BCUT2D eigenvalue weighted by Crippen LogP contribution is 2.40. The third kappa shape index (κ3) is 4.51. The van der Waals surface area contributed by atoms with Crippen LogP contribution < -0.4 is 15.0 Å². The molecule has 5 rings (SSSR count). The van der Waals surface area contributed by atoms with E-state index in [4.69, 9.17) is 9.26 Å². The van der Waals surface area contributed by atoms with Gasteiger partial charge in [-0.1, -0.05) is 18.0 Å². The molecule has 2 aliphatic carbocycles. The minimum Gasteiger partial charge on any atom is -0.475 e. The van der Waals surface area contributed by atoms with E-state index in [-0.39, 0.29) is 17.4 Å². The van der Waals surface area contributed by atoms with Gasteiger partial charge in [-0.25, -0.2) is 18.7 Å². The number of anilines is 1. The maximum Gasteiger partial charge on any atom is 0.282 e. The molecule has 3 fully saturated rings. The van der Waals surface area contributed by atoms with Gasteiger partial charge in [-0.05, 0) is 38.0 Å². The van der Waals surface area contributed by atoms with Gasteiger partial charge in [0.15, 0.2) is 17.3 Å². The highest BCUT2D eigenvalue weighted by molar-refractivity contribution is 5.93. The van der Waals surface area contributed by atoms with Crippen LogP contribution in [0.25, 0.3) is 0 Å². The number of carbonyl (C=O) groups excluding carboxylic acids is 1. The number of hydrogen-bond acceptors (Lipinski definition) is 8. The van der Waals surface area contributed by atoms with Crippen LogP contribution in [0.5, 0.6) is 5.88 Å². The summed E-state index contributed by atoms with van der Waals surface area (Å²) in [6.45, 7) is 3.11. The number of amides is 1. The molecule has 172 valence electrons. The van der Waals surface area contributed by atoms with E-state index in [0.29, 0.717) is 36.6 Å². The lowest BCUT2D eigenvalue weighted by molar-refractivity contribution is -0.0270. The number of alkyl halides is 2. The zero-order valence-electron chi connectivity index (χ0n) is 18.1. The Morgan fingerprint density at radius 3 is 2.59 bits per heavy atom. The Morgan fingerprint density at radius 2 is 2.00 bits per heavy atom. The van der Waals surface area contributed by atoms with Crippen molar-refractivity contribution < 1.29 is 22.8 Å². The molecule has 1 saturated heterocycles. The summed E-state index contributed by atoms with van der Waals surface area (Å²) in [5, 5.41) is 7.01. The first-order valence-corrected chi connectivity index (χ1v) is 11.0. The largest absolute Gasteiger partial charge is 0.475 e. The molecule has 0 radical (unpaired) electrons. The molecule has 11 heteroatoms. The van der Waals surface area contributed by atoms with Crippen LogP contribution in [0.1, 0.15) is 61.2 Å². The lowest BCUT2D eigenvalue weighted by Gasteiger charge is -2.39. The molecule has 32 heavy (non-hydrogen) atoms. The van der Waals surface area contributed by atoms with E-state index in [9.17, 15) is 13.6 Å². The van der Waals surface area contributed by atoms with Crippen LogP contribution >= 0.6 is 0 Å². The molecule has 1 amide bonds. The van der Waals surface area contributed by atoms with Crippen LogP contribution in [0, 0.1) is 18.8 Å². The van der Waals surface area contributed by atoms with E-state index >= 15 is 0 Å². The van der Waals surface area contributed by atoms with Crippen molar-refractivity contribution >= 4 is 11.7 Å². The summed E-state index contributed by atoms with van der Waals surface area (Å²) in [6, 6.07) is 0. The van der Waals surface area contributed by atoms with E-state index in [2.05, 4.69) is 25.4 Å². The second kappa shape index (κ2) is 7.63. The van der Waals surface area contributed by atoms with Crippen LogP contribution in [-0.2, 0) is 5.54 Å². The maximum atomic E-state index is 13.4. The van der Waals surface area contributed by atoms with Gasteiger partial charge in [0, 0.05) is 6.92 Å². The van der Waals surface area contributed by atoms with Crippen molar-refractivity contribution in [2.45, 2.75) is 57.4 Å². The van der Waals surface area contributed by atoms with Crippen LogP contribution in [0.3, 0.4) is 0 Å². The molecule has 0 unspecified atom stereocenters. The number of halogens is 2. The molecule has 1 N–H and O–H groups in total. The molecule has 1 aliphatic heterocycles. The van der Waals surface area contributed by atoms with Gasteiger partial charge in [-0.2, -0.15) is 4.98 Å². The summed E-state index contributed by atoms with van der Waals surface area (Å²) in [6.07, 6.45) is 6.29. The van der Waals surface area contributed by atoms with Crippen LogP contribution in [0.2, 0.25) is 0 Å². The summed E-state index contributed by atoms with van der Waals surface area (Å²) in [5.74, 6) is -1.11. The topological polar surface area (TPSA) is 106 Å². The number of nitrogens with one attached hydrogen (secondary N) is 1. The lowest BCUT2D eigenvalue weighted by Crippen LogP contribution is -2.56. The van der Waals surface area contributed by atoms with Crippen molar-refractivity contribution in [3.63, 3.8) is 0 Å². The molecule has 9 nitrogen and oxygen atoms in total. The van der Waals surface area contributed by atoms with Crippen LogP contribution in [-0.4, -0.2) is 51.6 Å². The predicted molar refractivity (Wildman–Crippen MR) is 109 cm³/mol. The van der Waals surface area contributed by atoms with Gasteiger partial charge in [0.05, 0.1) is 25.9 Å². The fraction of sp³-hybridized carbons (Fsp3) is 0.667. The molecule has 3 aliphatic rings. The van der Waals surface area contributed by atoms with Gasteiger partial charge < -0.3 is 19.5 Å². The van der Waals surface area contributed by atoms with Crippen molar-refractivity contribution in [2.75, 3.05) is 24.6 Å². The monoisotopic (exact) mass is 448 g/mol. The molecular weight excluding hydrogens is 422 g/mol. The van der Waals surface area contributed by atoms with E-state index in [1.165, 1.54) is 11.1 Å². The molecule has 0 bridgehead atoms. The Labute approximate surface area is 183 Å². The van der Waals surface area contributed by atoms with Crippen molar-refractivity contribution in [2.24, 2.45) is 11.8 Å². The number of ether oxygens (including phenoxy) is 1. The van der Waals surface area contributed by atoms with Gasteiger partial charge in [-0.3, -0.25) is 4.79 Å². The van der Waals surface area contributed by atoms with E-state index in [1.54, 1.807) is 6.92 Å². The number of aryl methyl sites for hydroxylation is 1. The first-order valence-electron chi connectivity index (χ1n) is 11.0. The van der Waals surface area contributed by atoms with E-state index in [0.717, 1.165) is 25.7 Å². The highest BCUT2D eigenvalue weighted by Gasteiger charge is 2.46. The Balaban J connectivity index is 1.37. The SMILES string of the molecule is Cc1nc([C@@](C)(CC2CC2)NC(=O)c2cnc(N3CC(F)(F)C3)c(OCC3CC3)n2)no1. The molecule has 2 aromatic rings. The Morgan fingerprint density at radius 1 is 1.28 bits per heavy atom. The number of nitrogens with zero attached hydrogens (tertiary/aromatic N) is 5. The Kier molecular flexibility index (Phi) is 5.01. The molecule has 2 aromatic heterocycles. The van der Waals surface area contributed by atoms with Crippen LogP contribution in [0.15, 0.2) is 10.7 Å². The molecule has 0 aromatic carbocycles. The van der Waals surface area contributed by atoms with Gasteiger partial charge in [-0.15, -0.1) is 0 Å². The van der Waals surface area contributed by atoms with Crippen molar-refractivity contribution in [3.05, 3.63) is 23.6 Å². The minimum atomic E-state index is -2.75. The number of aromatic nitrogens is 4. The second-order valence-corrected chi connectivity index (χ2v) is 9.42. The zero-order chi connectivity index (χ0) is 22.5. The van der Waals surface area contributed by atoms with Gasteiger partial charge in [0.1, 0.15) is 5.54 Å². The number of hydrogen-bond donors (Lipinski definition) is 1. The zero-order valence-corrected chi connectivity index (χ0v) is 18.1. The van der Waals surface area contributed by atoms with Crippen LogP contribution in [0.4, 0.5) is 14.6 Å². The summed E-state index contributed by atoms with van der Waals surface area (Å²) >= 11 is 0. The third-order valence-corrected chi connectivity index (χ3v) is 6.06. The second-order valence-electron chi connectivity index (χ2n) is 9.42. The molecule has 2 saturated carbocycles. The molecule has 1 atom stereocenters. The number of carbonyl (C=O) groups is 1. The van der Waals surface area contributed by atoms with E-state index < -0.39 is 30.5 Å². The van der Waals surface area contributed by atoms with E-state index in [1.807, 2.05) is 6.92 Å². The van der Waals surface area contributed by atoms with Gasteiger partial charge in [0.2, 0.25) is 5.89 Å². The predicted octanol–water partition coefficient (Wildman–Crippen LogP) is 2.86. The lowest BCUT2D eigenvalue weighted by atomic mass is 9.93. The fourth-order valence-corrected chi connectivity index (χ4v) is 3.87. The van der Waals surface area contributed by atoms with Gasteiger partial charge >= 0.3 is 0 Å². The quantitative estimate of drug-likeness (QED) is 0.624. The highest BCUT2D eigenvalue weighted by atomic mass is 19.3. The summed E-state index contributed by atoms with van der Waals surface area (Å²) < 4.78 is 37.7. The standard InChI is InChI=1S/C21H26F2N6O3/c1-12-25-19(28-32-12)20(2,7-13-3-4-13)27-17(30)15-8-24-16(29-10-21(22,23)11-29)18(26-15)31-9-14-5-6-14/h8,13-14H,3-7,9-11H2,1-2H3,(H,27,30)/t20-/m1/s1. The fourth-order valence-electron chi connectivity index (χ4n) is 3.87. The average Bonchev–Trinajstić information content (AvgIpc) is 3.65. The third-order valence-electron chi connectivity index (χ3n) is 6.06. The first kappa shape index (κ1) is 21.0. The summed E-state index contributed by atoms with van der Waals surface area (Å²) in [7, 11) is 0. The average molecular weight is 448 g/mol.